The highest BCUT2D eigenvalue weighted by Crippen LogP contribution is 2.25. The summed E-state index contributed by atoms with van der Waals surface area (Å²) in [6.45, 7) is 4.07. The summed E-state index contributed by atoms with van der Waals surface area (Å²) in [7, 11) is 0. The Hall–Kier alpha value is -0.800. The molecule has 1 aromatic carbocycles. The highest BCUT2D eigenvalue weighted by Gasteiger charge is 2.07. The van der Waals surface area contributed by atoms with Crippen LogP contribution in [0.5, 0.6) is 0 Å². The van der Waals surface area contributed by atoms with Crippen LogP contribution in [0.2, 0.25) is 0 Å². The summed E-state index contributed by atoms with van der Waals surface area (Å²) in [5.74, 6) is 0.529. The Balaban J connectivity index is 2.52. The van der Waals surface area contributed by atoms with Crippen LogP contribution in [0.3, 0.4) is 0 Å². The Bertz CT molecular complexity index is 520. The van der Waals surface area contributed by atoms with Crippen molar-refractivity contribution >= 4 is 27.5 Å². The zero-order valence-corrected chi connectivity index (χ0v) is 11.5. The van der Waals surface area contributed by atoms with Crippen molar-refractivity contribution in [3.63, 3.8) is 0 Å². The third-order valence-corrected chi connectivity index (χ3v) is 3.62. The molecule has 84 valence electrons. The quantitative estimate of drug-likeness (QED) is 0.767. The van der Waals surface area contributed by atoms with E-state index in [1.54, 1.807) is 0 Å². The van der Waals surface area contributed by atoms with E-state index in [2.05, 4.69) is 38.5 Å². The summed E-state index contributed by atoms with van der Waals surface area (Å²) in [5, 5.41) is 0. The van der Waals surface area contributed by atoms with Crippen LogP contribution < -0.4 is 0 Å². The second-order valence-corrected chi connectivity index (χ2v) is 4.83. The molecule has 0 aliphatic carbocycles. The standard InChI is InChI=1S/C12H12BrClN2/c1-8-9(2)16(7-15-8)12-4-3-10(6-14)5-11(12)13/h3-5,7H,6H2,1-2H3. The summed E-state index contributed by atoms with van der Waals surface area (Å²) >= 11 is 9.35. The number of aromatic nitrogens is 2. The van der Waals surface area contributed by atoms with Gasteiger partial charge in [0.05, 0.1) is 17.7 Å². The second-order valence-electron chi connectivity index (χ2n) is 3.70. The number of hydrogen-bond acceptors (Lipinski definition) is 1. The highest BCUT2D eigenvalue weighted by atomic mass is 79.9. The maximum atomic E-state index is 5.79. The molecule has 0 amide bonds. The minimum atomic E-state index is 0.529. The van der Waals surface area contributed by atoms with Crippen molar-refractivity contribution < 1.29 is 0 Å². The van der Waals surface area contributed by atoms with E-state index in [0.29, 0.717) is 5.88 Å². The largest absolute Gasteiger partial charge is 0.302 e. The fourth-order valence-electron chi connectivity index (χ4n) is 1.57. The SMILES string of the molecule is Cc1ncn(-c2ccc(CCl)cc2Br)c1C. The first-order valence-corrected chi connectivity index (χ1v) is 6.31. The molecule has 2 nitrogen and oxygen atoms in total. The smallest absolute Gasteiger partial charge is 0.0997 e. The maximum absolute atomic E-state index is 5.79. The van der Waals surface area contributed by atoms with Gasteiger partial charge in [-0.25, -0.2) is 4.98 Å². The van der Waals surface area contributed by atoms with Gasteiger partial charge in [0.25, 0.3) is 0 Å². The molecule has 0 fully saturated rings. The number of imidazole rings is 1. The molecule has 0 unspecified atom stereocenters. The Kier molecular flexibility index (Phi) is 3.36. The molecule has 16 heavy (non-hydrogen) atoms. The van der Waals surface area contributed by atoms with Crippen molar-refractivity contribution in [2.45, 2.75) is 19.7 Å². The average Bonchev–Trinajstić information content (AvgIpc) is 2.60. The van der Waals surface area contributed by atoms with E-state index in [9.17, 15) is 0 Å². The summed E-state index contributed by atoms with van der Waals surface area (Å²) in [5.41, 5.74) is 4.39. The van der Waals surface area contributed by atoms with Gasteiger partial charge in [-0.1, -0.05) is 6.07 Å². The number of halogens is 2. The van der Waals surface area contributed by atoms with Crippen LogP contribution >= 0.6 is 27.5 Å². The fourth-order valence-corrected chi connectivity index (χ4v) is 2.35. The molecular formula is C12H12BrClN2. The van der Waals surface area contributed by atoms with E-state index in [-0.39, 0.29) is 0 Å². The molecule has 0 N–H and O–H groups in total. The second kappa shape index (κ2) is 4.60. The maximum Gasteiger partial charge on any atom is 0.0997 e. The number of nitrogens with zero attached hydrogens (tertiary/aromatic N) is 2. The van der Waals surface area contributed by atoms with Gasteiger partial charge in [-0.15, -0.1) is 11.6 Å². The molecule has 0 radical (unpaired) electrons. The Morgan fingerprint density at radius 2 is 2.12 bits per heavy atom. The zero-order valence-electron chi connectivity index (χ0n) is 9.17. The molecule has 0 aliphatic heterocycles. The summed E-state index contributed by atoms with van der Waals surface area (Å²) < 4.78 is 3.10. The fraction of sp³-hybridized carbons (Fsp3) is 0.250. The molecule has 2 aromatic rings. The molecular weight excluding hydrogens is 288 g/mol. The Labute approximate surface area is 108 Å². The molecule has 0 aliphatic rings. The van der Waals surface area contributed by atoms with Gasteiger partial charge in [0.2, 0.25) is 0 Å². The van der Waals surface area contributed by atoms with E-state index in [1.165, 1.54) is 0 Å². The van der Waals surface area contributed by atoms with Gasteiger partial charge in [0.1, 0.15) is 0 Å². The lowest BCUT2D eigenvalue weighted by atomic mass is 10.2. The van der Waals surface area contributed by atoms with Gasteiger partial charge >= 0.3 is 0 Å². The lowest BCUT2D eigenvalue weighted by Crippen LogP contribution is -1.97. The lowest BCUT2D eigenvalue weighted by molar-refractivity contribution is 0.992. The molecule has 1 aromatic heterocycles. The monoisotopic (exact) mass is 298 g/mol. The van der Waals surface area contributed by atoms with Gasteiger partial charge in [-0.05, 0) is 47.5 Å². The summed E-state index contributed by atoms with van der Waals surface area (Å²) in [4.78, 5) is 4.29. The summed E-state index contributed by atoms with van der Waals surface area (Å²) in [6.07, 6.45) is 1.84. The molecule has 4 heteroatoms. The van der Waals surface area contributed by atoms with E-state index in [0.717, 1.165) is 27.1 Å². The van der Waals surface area contributed by atoms with Crippen LogP contribution in [0.25, 0.3) is 5.69 Å². The van der Waals surface area contributed by atoms with Gasteiger partial charge < -0.3 is 4.57 Å². The molecule has 0 saturated heterocycles. The normalized spacial score (nSPS) is 10.8. The number of hydrogen-bond donors (Lipinski definition) is 0. The molecule has 1 heterocycles. The van der Waals surface area contributed by atoms with Gasteiger partial charge in [0.15, 0.2) is 0 Å². The van der Waals surface area contributed by atoms with Crippen molar-refractivity contribution in [1.82, 2.24) is 9.55 Å². The van der Waals surface area contributed by atoms with E-state index in [4.69, 9.17) is 11.6 Å². The van der Waals surface area contributed by atoms with Crippen molar-refractivity contribution in [2.24, 2.45) is 0 Å². The zero-order chi connectivity index (χ0) is 11.7. The number of aryl methyl sites for hydroxylation is 1. The first-order chi connectivity index (χ1) is 7.63. The van der Waals surface area contributed by atoms with Crippen molar-refractivity contribution in [3.05, 3.63) is 46.0 Å². The molecule has 0 bridgehead atoms. The predicted octanol–water partition coefficient (Wildman–Crippen LogP) is 3.99. The van der Waals surface area contributed by atoms with Crippen LogP contribution in [0.4, 0.5) is 0 Å². The van der Waals surface area contributed by atoms with Crippen LogP contribution in [0.15, 0.2) is 29.0 Å². The molecule has 0 saturated carbocycles. The topological polar surface area (TPSA) is 17.8 Å². The first-order valence-electron chi connectivity index (χ1n) is 4.99. The van der Waals surface area contributed by atoms with Gasteiger partial charge in [-0.3, -0.25) is 0 Å². The van der Waals surface area contributed by atoms with Gasteiger partial charge in [-0.2, -0.15) is 0 Å². The van der Waals surface area contributed by atoms with Gasteiger partial charge in [0, 0.05) is 16.0 Å². The predicted molar refractivity (Wildman–Crippen MR) is 70.3 cm³/mol. The van der Waals surface area contributed by atoms with Crippen LogP contribution in [0.1, 0.15) is 17.0 Å². The molecule has 0 atom stereocenters. The summed E-state index contributed by atoms with van der Waals surface area (Å²) in [6, 6.07) is 6.12. The van der Waals surface area contributed by atoms with Crippen LogP contribution in [-0.4, -0.2) is 9.55 Å². The number of rotatable bonds is 2. The van der Waals surface area contributed by atoms with Crippen LogP contribution in [0, 0.1) is 13.8 Å². The van der Waals surface area contributed by atoms with Crippen molar-refractivity contribution in [3.8, 4) is 5.69 Å². The Morgan fingerprint density at radius 1 is 1.38 bits per heavy atom. The third-order valence-electron chi connectivity index (χ3n) is 2.68. The lowest BCUT2D eigenvalue weighted by Gasteiger charge is -2.09. The van der Waals surface area contributed by atoms with Crippen LogP contribution in [-0.2, 0) is 5.88 Å². The van der Waals surface area contributed by atoms with Crippen molar-refractivity contribution in [1.29, 1.82) is 0 Å². The third kappa shape index (κ3) is 2.02. The molecule has 0 spiro atoms. The number of alkyl halides is 1. The van der Waals surface area contributed by atoms with E-state index in [1.807, 2.05) is 25.4 Å². The Morgan fingerprint density at radius 3 is 2.62 bits per heavy atom. The van der Waals surface area contributed by atoms with E-state index >= 15 is 0 Å². The van der Waals surface area contributed by atoms with E-state index < -0.39 is 0 Å². The average molecular weight is 300 g/mol. The minimum absolute atomic E-state index is 0.529. The van der Waals surface area contributed by atoms with Crippen molar-refractivity contribution in [2.75, 3.05) is 0 Å². The highest BCUT2D eigenvalue weighted by molar-refractivity contribution is 9.10. The number of benzene rings is 1. The molecule has 2 rings (SSSR count). The minimum Gasteiger partial charge on any atom is -0.302 e. The first kappa shape index (κ1) is 11.7.